The minimum absolute atomic E-state index is 0.0931. The predicted molar refractivity (Wildman–Crippen MR) is 79.3 cm³/mol. The van der Waals surface area contributed by atoms with Gasteiger partial charge in [0.1, 0.15) is 5.82 Å². The molecule has 1 aromatic rings. The number of rotatable bonds is 5. The van der Waals surface area contributed by atoms with E-state index in [0.29, 0.717) is 5.92 Å². The molecule has 0 amide bonds. The van der Waals surface area contributed by atoms with Gasteiger partial charge in [-0.1, -0.05) is 44.0 Å². The minimum atomic E-state index is -0.226. The maximum absolute atomic E-state index is 14.4. The van der Waals surface area contributed by atoms with Crippen molar-refractivity contribution >= 4 is 11.6 Å². The first-order chi connectivity index (χ1) is 9.12. The molecule has 106 valence electrons. The molecule has 2 atom stereocenters. The van der Waals surface area contributed by atoms with Crippen molar-refractivity contribution in [3.63, 3.8) is 0 Å². The second-order valence-electron chi connectivity index (χ2n) is 5.73. The summed E-state index contributed by atoms with van der Waals surface area (Å²) < 4.78 is 14.4. The van der Waals surface area contributed by atoms with Crippen LogP contribution in [0.25, 0.3) is 0 Å². The monoisotopic (exact) mass is 283 g/mol. The smallest absolute Gasteiger partial charge is 0.145 e. The molecule has 1 fully saturated rings. The van der Waals surface area contributed by atoms with Gasteiger partial charge in [-0.05, 0) is 43.4 Å². The SMILES string of the molecule is CCCNCC1(c2cccc(Cl)c2F)CCCC1C. The highest BCUT2D eigenvalue weighted by atomic mass is 35.5. The van der Waals surface area contributed by atoms with Crippen molar-refractivity contribution < 1.29 is 4.39 Å². The van der Waals surface area contributed by atoms with Crippen LogP contribution in [0.5, 0.6) is 0 Å². The Bertz CT molecular complexity index is 435. The molecule has 0 radical (unpaired) electrons. The summed E-state index contributed by atoms with van der Waals surface area (Å²) in [6.45, 7) is 6.22. The van der Waals surface area contributed by atoms with E-state index in [2.05, 4.69) is 19.2 Å². The van der Waals surface area contributed by atoms with Gasteiger partial charge in [0.15, 0.2) is 0 Å². The zero-order valence-electron chi connectivity index (χ0n) is 11.8. The summed E-state index contributed by atoms with van der Waals surface area (Å²) >= 11 is 5.97. The quantitative estimate of drug-likeness (QED) is 0.783. The van der Waals surface area contributed by atoms with Crippen LogP contribution in [0.4, 0.5) is 4.39 Å². The highest BCUT2D eigenvalue weighted by Gasteiger charge is 2.43. The Morgan fingerprint density at radius 3 is 2.89 bits per heavy atom. The van der Waals surface area contributed by atoms with Crippen molar-refractivity contribution in [3.8, 4) is 0 Å². The van der Waals surface area contributed by atoms with Crippen LogP contribution >= 0.6 is 11.6 Å². The van der Waals surface area contributed by atoms with Gasteiger partial charge in [-0.2, -0.15) is 0 Å². The predicted octanol–water partition coefficient (Wildman–Crippen LogP) is 4.54. The molecule has 3 heteroatoms. The third-order valence-corrected chi connectivity index (χ3v) is 4.85. The van der Waals surface area contributed by atoms with Gasteiger partial charge < -0.3 is 5.32 Å². The standard InChI is InChI=1S/C16H23ClFN/c1-3-10-19-11-16(9-5-6-12(16)2)13-7-4-8-14(17)15(13)18/h4,7-8,12,19H,3,5-6,9-11H2,1-2H3. The zero-order valence-corrected chi connectivity index (χ0v) is 12.6. The maximum atomic E-state index is 14.4. The average molecular weight is 284 g/mol. The third kappa shape index (κ3) is 2.80. The Kier molecular flexibility index (Phi) is 4.86. The van der Waals surface area contributed by atoms with E-state index in [4.69, 9.17) is 11.6 Å². The molecule has 0 aromatic heterocycles. The lowest BCUT2D eigenvalue weighted by Gasteiger charge is -2.35. The second-order valence-corrected chi connectivity index (χ2v) is 6.13. The first-order valence-corrected chi connectivity index (χ1v) is 7.65. The summed E-state index contributed by atoms with van der Waals surface area (Å²) in [5, 5.41) is 3.73. The Morgan fingerprint density at radius 1 is 1.47 bits per heavy atom. The first kappa shape index (κ1) is 14.8. The number of nitrogens with one attached hydrogen (secondary N) is 1. The van der Waals surface area contributed by atoms with Crippen LogP contribution < -0.4 is 5.32 Å². The number of hydrogen-bond acceptors (Lipinski definition) is 1. The molecule has 19 heavy (non-hydrogen) atoms. The zero-order chi connectivity index (χ0) is 13.9. The van der Waals surface area contributed by atoms with Gasteiger partial charge in [0.25, 0.3) is 0 Å². The summed E-state index contributed by atoms with van der Waals surface area (Å²) in [5.41, 5.74) is 0.707. The lowest BCUT2D eigenvalue weighted by Crippen LogP contribution is -2.41. The van der Waals surface area contributed by atoms with E-state index < -0.39 is 0 Å². The Labute approximate surface area is 120 Å². The van der Waals surface area contributed by atoms with Crippen molar-refractivity contribution in [1.29, 1.82) is 0 Å². The molecule has 0 heterocycles. The van der Waals surface area contributed by atoms with Crippen LogP contribution in [-0.2, 0) is 5.41 Å². The molecular weight excluding hydrogens is 261 g/mol. The minimum Gasteiger partial charge on any atom is -0.316 e. The van der Waals surface area contributed by atoms with Crippen molar-refractivity contribution in [3.05, 3.63) is 34.6 Å². The molecule has 0 saturated heterocycles. The molecule has 0 spiro atoms. The van der Waals surface area contributed by atoms with Gasteiger partial charge in [0.05, 0.1) is 5.02 Å². The molecule has 1 aliphatic carbocycles. The van der Waals surface area contributed by atoms with Gasteiger partial charge in [0.2, 0.25) is 0 Å². The molecule has 2 unspecified atom stereocenters. The van der Waals surface area contributed by atoms with Crippen molar-refractivity contribution in [2.75, 3.05) is 13.1 Å². The average Bonchev–Trinajstić information content (AvgIpc) is 2.76. The van der Waals surface area contributed by atoms with Gasteiger partial charge in [-0.3, -0.25) is 0 Å². The van der Waals surface area contributed by atoms with Crippen LogP contribution in [0.15, 0.2) is 18.2 Å². The van der Waals surface area contributed by atoms with Gasteiger partial charge in [-0.15, -0.1) is 0 Å². The summed E-state index contributed by atoms with van der Waals surface area (Å²) in [5.74, 6) is 0.265. The molecule has 2 rings (SSSR count). The highest BCUT2D eigenvalue weighted by Crippen LogP contribution is 2.46. The van der Waals surface area contributed by atoms with Crippen molar-refractivity contribution in [2.45, 2.75) is 44.9 Å². The molecule has 1 saturated carbocycles. The maximum Gasteiger partial charge on any atom is 0.145 e. The summed E-state index contributed by atoms with van der Waals surface area (Å²) in [6, 6.07) is 5.41. The van der Waals surface area contributed by atoms with E-state index in [-0.39, 0.29) is 16.3 Å². The topological polar surface area (TPSA) is 12.0 Å². The Hall–Kier alpha value is -0.600. The first-order valence-electron chi connectivity index (χ1n) is 7.27. The normalized spacial score (nSPS) is 26.8. The molecule has 0 bridgehead atoms. The van der Waals surface area contributed by atoms with E-state index in [1.807, 2.05) is 12.1 Å². The molecule has 0 aliphatic heterocycles. The summed E-state index contributed by atoms with van der Waals surface area (Å²) in [7, 11) is 0. The lowest BCUT2D eigenvalue weighted by atomic mass is 9.72. The van der Waals surface area contributed by atoms with Crippen molar-refractivity contribution in [2.24, 2.45) is 5.92 Å². The Balaban J connectivity index is 2.34. The second kappa shape index (κ2) is 6.23. The molecule has 1 aliphatic rings. The van der Waals surface area contributed by atoms with Crippen LogP contribution in [0.2, 0.25) is 5.02 Å². The van der Waals surface area contributed by atoms with Gasteiger partial charge >= 0.3 is 0 Å². The van der Waals surface area contributed by atoms with Gasteiger partial charge in [0, 0.05) is 12.0 Å². The van der Waals surface area contributed by atoms with Gasteiger partial charge in [-0.25, -0.2) is 4.39 Å². The molecule has 1 N–H and O–H groups in total. The van der Waals surface area contributed by atoms with E-state index in [9.17, 15) is 4.39 Å². The largest absolute Gasteiger partial charge is 0.316 e. The van der Waals surface area contributed by atoms with Crippen LogP contribution in [-0.4, -0.2) is 13.1 Å². The van der Waals surface area contributed by atoms with E-state index >= 15 is 0 Å². The number of benzene rings is 1. The van der Waals surface area contributed by atoms with Crippen LogP contribution in [0.3, 0.4) is 0 Å². The number of hydrogen-bond donors (Lipinski definition) is 1. The molecule has 1 nitrogen and oxygen atoms in total. The lowest BCUT2D eigenvalue weighted by molar-refractivity contribution is 0.307. The molecular formula is C16H23ClFN. The van der Waals surface area contributed by atoms with E-state index in [1.54, 1.807) is 6.07 Å². The summed E-state index contributed by atoms with van der Waals surface area (Å²) in [4.78, 5) is 0. The van der Waals surface area contributed by atoms with E-state index in [1.165, 1.54) is 12.8 Å². The van der Waals surface area contributed by atoms with E-state index in [0.717, 1.165) is 31.5 Å². The molecule has 1 aromatic carbocycles. The van der Waals surface area contributed by atoms with Crippen molar-refractivity contribution in [1.82, 2.24) is 5.32 Å². The Morgan fingerprint density at radius 2 is 2.26 bits per heavy atom. The summed E-state index contributed by atoms with van der Waals surface area (Å²) in [6.07, 6.45) is 4.48. The fourth-order valence-electron chi connectivity index (χ4n) is 3.38. The fourth-order valence-corrected chi connectivity index (χ4v) is 3.56. The fraction of sp³-hybridized carbons (Fsp3) is 0.625. The van der Waals surface area contributed by atoms with Crippen LogP contribution in [0, 0.1) is 11.7 Å². The third-order valence-electron chi connectivity index (χ3n) is 4.56. The van der Waals surface area contributed by atoms with Crippen LogP contribution in [0.1, 0.15) is 45.1 Å². The highest BCUT2D eigenvalue weighted by molar-refractivity contribution is 6.30. The number of halogens is 2.